The van der Waals surface area contributed by atoms with E-state index in [-0.39, 0.29) is 11.5 Å². The Labute approximate surface area is 139 Å². The number of amides is 1. The predicted octanol–water partition coefficient (Wildman–Crippen LogP) is 2.22. The standard InChI is InChI=1S/C18H29N3O2/c1-4-18(5-2)13-21(11-8-17(22)20-10-9-19)15-7-6-14(3)12-16(15)23-18/h6-7,12H,4-5,8-11,13,19H2,1-3H3,(H,20,22). The summed E-state index contributed by atoms with van der Waals surface area (Å²) in [7, 11) is 0. The van der Waals surface area contributed by atoms with Crippen LogP contribution in [0, 0.1) is 6.92 Å². The lowest BCUT2D eigenvalue weighted by Gasteiger charge is -2.44. The highest BCUT2D eigenvalue weighted by molar-refractivity contribution is 5.76. The van der Waals surface area contributed by atoms with Gasteiger partial charge in [-0.15, -0.1) is 0 Å². The van der Waals surface area contributed by atoms with Crippen LogP contribution in [0.25, 0.3) is 0 Å². The molecule has 1 heterocycles. The maximum absolute atomic E-state index is 11.9. The zero-order valence-corrected chi connectivity index (χ0v) is 14.5. The Morgan fingerprint density at radius 2 is 2.13 bits per heavy atom. The van der Waals surface area contributed by atoms with Gasteiger partial charge in [0.25, 0.3) is 0 Å². The minimum absolute atomic E-state index is 0.0502. The zero-order chi connectivity index (χ0) is 16.9. The number of nitrogens with two attached hydrogens (primary N) is 1. The Balaban J connectivity index is 2.16. The van der Waals surface area contributed by atoms with Gasteiger partial charge in [0.05, 0.1) is 12.2 Å². The van der Waals surface area contributed by atoms with E-state index >= 15 is 0 Å². The first-order valence-electron chi connectivity index (χ1n) is 8.55. The van der Waals surface area contributed by atoms with Gasteiger partial charge in [-0.25, -0.2) is 0 Å². The summed E-state index contributed by atoms with van der Waals surface area (Å²) in [6.45, 7) is 8.92. The normalized spacial score (nSPS) is 15.7. The molecule has 1 aromatic carbocycles. The molecule has 1 amide bonds. The molecule has 0 aliphatic carbocycles. The molecule has 0 atom stereocenters. The van der Waals surface area contributed by atoms with E-state index in [9.17, 15) is 4.79 Å². The molecule has 128 valence electrons. The van der Waals surface area contributed by atoms with Gasteiger partial charge in [-0.2, -0.15) is 0 Å². The molecule has 1 aliphatic heterocycles. The summed E-state index contributed by atoms with van der Waals surface area (Å²) in [6, 6.07) is 6.28. The highest BCUT2D eigenvalue weighted by Gasteiger charge is 2.36. The van der Waals surface area contributed by atoms with Gasteiger partial charge < -0.3 is 20.7 Å². The second kappa shape index (κ2) is 7.68. The van der Waals surface area contributed by atoms with E-state index in [1.54, 1.807) is 0 Å². The molecule has 1 aromatic rings. The van der Waals surface area contributed by atoms with E-state index in [4.69, 9.17) is 10.5 Å². The Hall–Kier alpha value is -1.75. The number of carbonyl (C=O) groups excluding carboxylic acids is 1. The molecule has 0 saturated carbocycles. The Bertz CT molecular complexity index is 541. The first-order chi connectivity index (χ1) is 11.0. The van der Waals surface area contributed by atoms with Crippen LogP contribution in [0.1, 0.15) is 38.7 Å². The van der Waals surface area contributed by atoms with E-state index < -0.39 is 0 Å². The average Bonchev–Trinajstić information content (AvgIpc) is 2.57. The van der Waals surface area contributed by atoms with Crippen molar-refractivity contribution in [1.82, 2.24) is 5.32 Å². The lowest BCUT2D eigenvalue weighted by atomic mass is 9.93. The molecule has 0 aromatic heterocycles. The molecule has 3 N–H and O–H groups in total. The molecule has 5 nitrogen and oxygen atoms in total. The smallest absolute Gasteiger partial charge is 0.221 e. The van der Waals surface area contributed by atoms with Crippen molar-refractivity contribution in [2.45, 2.75) is 45.6 Å². The number of aryl methyl sites for hydroxylation is 1. The van der Waals surface area contributed by atoms with Crippen LogP contribution in [-0.4, -0.2) is 37.7 Å². The minimum Gasteiger partial charge on any atom is -0.483 e. The summed E-state index contributed by atoms with van der Waals surface area (Å²) in [4.78, 5) is 14.2. The third-order valence-corrected chi connectivity index (χ3v) is 4.63. The lowest BCUT2D eigenvalue weighted by Crippen LogP contribution is -2.51. The Kier molecular flexibility index (Phi) is 5.88. The summed E-state index contributed by atoms with van der Waals surface area (Å²) >= 11 is 0. The fourth-order valence-corrected chi connectivity index (χ4v) is 3.02. The van der Waals surface area contributed by atoms with Crippen LogP contribution >= 0.6 is 0 Å². The van der Waals surface area contributed by atoms with Crippen molar-refractivity contribution >= 4 is 11.6 Å². The third-order valence-electron chi connectivity index (χ3n) is 4.63. The molecule has 0 saturated heterocycles. The third kappa shape index (κ3) is 4.16. The largest absolute Gasteiger partial charge is 0.483 e. The van der Waals surface area contributed by atoms with Gasteiger partial charge in [-0.1, -0.05) is 19.9 Å². The van der Waals surface area contributed by atoms with Crippen molar-refractivity contribution in [1.29, 1.82) is 0 Å². The molecule has 1 aliphatic rings. The van der Waals surface area contributed by atoms with Crippen molar-refractivity contribution in [3.8, 4) is 5.75 Å². The number of hydrogen-bond donors (Lipinski definition) is 2. The van der Waals surface area contributed by atoms with Crippen LogP contribution < -0.4 is 20.7 Å². The number of rotatable bonds is 7. The molecule has 23 heavy (non-hydrogen) atoms. The molecule has 0 spiro atoms. The summed E-state index contributed by atoms with van der Waals surface area (Å²) in [6.07, 6.45) is 2.37. The first kappa shape index (κ1) is 17.6. The number of carbonyl (C=O) groups is 1. The van der Waals surface area contributed by atoms with Crippen LogP contribution in [0.4, 0.5) is 5.69 Å². The highest BCUT2D eigenvalue weighted by Crippen LogP contribution is 2.40. The van der Waals surface area contributed by atoms with E-state index in [0.717, 1.165) is 30.8 Å². The Morgan fingerprint density at radius 1 is 1.39 bits per heavy atom. The average molecular weight is 319 g/mol. The summed E-state index contributed by atoms with van der Waals surface area (Å²) in [5.74, 6) is 0.983. The van der Waals surface area contributed by atoms with Crippen molar-refractivity contribution in [3.63, 3.8) is 0 Å². The zero-order valence-electron chi connectivity index (χ0n) is 14.5. The van der Waals surface area contributed by atoms with Gasteiger partial charge in [0.2, 0.25) is 5.91 Å². The van der Waals surface area contributed by atoms with Crippen LogP contribution in [0.3, 0.4) is 0 Å². The number of fused-ring (bicyclic) bond motifs is 1. The monoisotopic (exact) mass is 319 g/mol. The van der Waals surface area contributed by atoms with E-state index in [1.807, 2.05) is 0 Å². The molecule has 0 bridgehead atoms. The number of anilines is 1. The van der Waals surface area contributed by atoms with Crippen molar-refractivity contribution in [2.24, 2.45) is 5.73 Å². The maximum Gasteiger partial charge on any atom is 0.221 e. The second-order valence-electron chi connectivity index (χ2n) is 6.27. The van der Waals surface area contributed by atoms with Crippen LogP contribution in [0.15, 0.2) is 18.2 Å². The molecule has 2 rings (SSSR count). The van der Waals surface area contributed by atoms with Crippen molar-refractivity contribution in [2.75, 3.05) is 31.1 Å². The van der Waals surface area contributed by atoms with Gasteiger partial charge in [0.15, 0.2) is 0 Å². The fraction of sp³-hybridized carbons (Fsp3) is 0.611. The van der Waals surface area contributed by atoms with Crippen molar-refractivity contribution < 1.29 is 9.53 Å². The van der Waals surface area contributed by atoms with Gasteiger partial charge >= 0.3 is 0 Å². The molecular formula is C18H29N3O2. The predicted molar refractivity (Wildman–Crippen MR) is 94.0 cm³/mol. The lowest BCUT2D eigenvalue weighted by molar-refractivity contribution is -0.120. The van der Waals surface area contributed by atoms with Crippen molar-refractivity contribution in [3.05, 3.63) is 23.8 Å². The fourth-order valence-electron chi connectivity index (χ4n) is 3.02. The SMILES string of the molecule is CCC1(CC)CN(CCC(=O)NCCN)c2ccc(C)cc2O1. The number of hydrogen-bond acceptors (Lipinski definition) is 4. The van der Waals surface area contributed by atoms with Crippen LogP contribution in [-0.2, 0) is 4.79 Å². The minimum atomic E-state index is -0.172. The summed E-state index contributed by atoms with van der Waals surface area (Å²) in [5, 5.41) is 2.83. The second-order valence-corrected chi connectivity index (χ2v) is 6.27. The highest BCUT2D eigenvalue weighted by atomic mass is 16.5. The topological polar surface area (TPSA) is 67.6 Å². The molecule has 0 radical (unpaired) electrons. The molecule has 5 heteroatoms. The van der Waals surface area contributed by atoms with Gasteiger partial charge in [0, 0.05) is 26.1 Å². The molecule has 0 fully saturated rings. The first-order valence-corrected chi connectivity index (χ1v) is 8.55. The summed E-state index contributed by atoms with van der Waals surface area (Å²) in [5.41, 5.74) is 7.52. The molecular weight excluding hydrogens is 290 g/mol. The maximum atomic E-state index is 11.9. The number of benzene rings is 1. The quantitative estimate of drug-likeness (QED) is 0.808. The van der Waals surface area contributed by atoms with Crippen LogP contribution in [0.2, 0.25) is 0 Å². The van der Waals surface area contributed by atoms with Crippen LogP contribution in [0.5, 0.6) is 5.75 Å². The number of nitrogens with one attached hydrogen (secondary N) is 1. The van der Waals surface area contributed by atoms with E-state index in [1.165, 1.54) is 5.56 Å². The number of ether oxygens (including phenoxy) is 1. The van der Waals surface area contributed by atoms with E-state index in [2.05, 4.69) is 49.2 Å². The molecule has 0 unspecified atom stereocenters. The summed E-state index contributed by atoms with van der Waals surface area (Å²) < 4.78 is 6.34. The number of nitrogens with zero attached hydrogens (tertiary/aromatic N) is 1. The Morgan fingerprint density at radius 3 is 2.78 bits per heavy atom. The van der Waals surface area contributed by atoms with E-state index in [0.29, 0.717) is 26.1 Å². The van der Waals surface area contributed by atoms with Gasteiger partial charge in [-0.3, -0.25) is 4.79 Å². The van der Waals surface area contributed by atoms with Gasteiger partial charge in [-0.05, 0) is 37.5 Å². The van der Waals surface area contributed by atoms with Gasteiger partial charge in [0.1, 0.15) is 11.4 Å².